The van der Waals surface area contributed by atoms with Gasteiger partial charge in [-0.25, -0.2) is 9.79 Å². The molecule has 178 valence electrons. The van der Waals surface area contributed by atoms with E-state index in [2.05, 4.69) is 10.3 Å². The van der Waals surface area contributed by atoms with Gasteiger partial charge in [-0.3, -0.25) is 4.79 Å². The zero-order chi connectivity index (χ0) is 24.9. The third kappa shape index (κ3) is 4.92. The van der Waals surface area contributed by atoms with Crippen molar-refractivity contribution in [3.63, 3.8) is 0 Å². The number of aromatic nitrogens is 1. The highest BCUT2D eigenvalue weighted by molar-refractivity contribution is 6.22. The van der Waals surface area contributed by atoms with Gasteiger partial charge < -0.3 is 25.0 Å². The first kappa shape index (κ1) is 23.7. The van der Waals surface area contributed by atoms with Crippen LogP contribution in [0.1, 0.15) is 21.5 Å². The van der Waals surface area contributed by atoms with E-state index in [-0.39, 0.29) is 18.3 Å². The number of amides is 1. The van der Waals surface area contributed by atoms with Crippen molar-refractivity contribution in [3.05, 3.63) is 89.5 Å². The average Bonchev–Trinajstić information content (AvgIpc) is 3.22. The Morgan fingerprint density at radius 2 is 1.74 bits per heavy atom. The van der Waals surface area contributed by atoms with Crippen LogP contribution in [0.2, 0.25) is 0 Å². The minimum absolute atomic E-state index is 0.0521. The Labute approximate surface area is 202 Å². The van der Waals surface area contributed by atoms with Crippen molar-refractivity contribution in [2.24, 2.45) is 4.99 Å². The van der Waals surface area contributed by atoms with Crippen molar-refractivity contribution in [1.82, 2.24) is 10.3 Å². The van der Waals surface area contributed by atoms with E-state index in [1.807, 2.05) is 54.6 Å². The van der Waals surface area contributed by atoms with Gasteiger partial charge in [0.05, 0.1) is 36.2 Å². The fraction of sp³-hybridized carbons (Fsp3) is 0.148. The molecule has 8 nitrogen and oxygen atoms in total. The summed E-state index contributed by atoms with van der Waals surface area (Å²) in [6.45, 7) is 0.242. The smallest absolute Gasteiger partial charge is 0.337 e. The summed E-state index contributed by atoms with van der Waals surface area (Å²) < 4.78 is 4.81. The van der Waals surface area contributed by atoms with Gasteiger partial charge in [-0.1, -0.05) is 36.4 Å². The zero-order valence-corrected chi connectivity index (χ0v) is 19.7. The number of aromatic amines is 1. The molecule has 0 bridgehead atoms. The quantitative estimate of drug-likeness (QED) is 0.279. The summed E-state index contributed by atoms with van der Waals surface area (Å²) in [4.78, 5) is 33.5. The molecule has 4 rings (SSSR count). The molecule has 0 saturated heterocycles. The van der Waals surface area contributed by atoms with E-state index < -0.39 is 5.97 Å². The van der Waals surface area contributed by atoms with Crippen molar-refractivity contribution in [2.75, 3.05) is 32.6 Å². The highest BCUT2D eigenvalue weighted by Gasteiger charge is 2.20. The number of aliphatic imine (C=N–C) groups is 1. The third-order valence-corrected chi connectivity index (χ3v) is 5.66. The average molecular weight is 471 g/mol. The molecule has 0 unspecified atom stereocenters. The van der Waals surface area contributed by atoms with Crippen molar-refractivity contribution in [1.29, 1.82) is 0 Å². The Bertz CT molecular complexity index is 1390. The van der Waals surface area contributed by atoms with Gasteiger partial charge in [-0.05, 0) is 43.4 Å². The Morgan fingerprint density at radius 1 is 1.03 bits per heavy atom. The Kier molecular flexibility index (Phi) is 6.93. The first-order chi connectivity index (χ1) is 16.9. The number of benzene rings is 3. The fourth-order valence-corrected chi connectivity index (χ4v) is 3.82. The number of nitrogens with one attached hydrogen (secondary N) is 2. The number of aromatic hydroxyl groups is 1. The van der Waals surface area contributed by atoms with E-state index in [0.717, 1.165) is 11.3 Å². The molecule has 1 heterocycles. The van der Waals surface area contributed by atoms with Crippen molar-refractivity contribution in [2.45, 2.75) is 0 Å². The topological polar surface area (TPSA) is 107 Å². The predicted molar refractivity (Wildman–Crippen MR) is 137 cm³/mol. The summed E-state index contributed by atoms with van der Waals surface area (Å²) in [5.41, 5.74) is 4.26. The van der Waals surface area contributed by atoms with Crippen LogP contribution in [0.15, 0.2) is 77.8 Å². The van der Waals surface area contributed by atoms with Crippen LogP contribution in [0.3, 0.4) is 0 Å². The maximum Gasteiger partial charge on any atom is 0.337 e. The molecule has 0 aliphatic carbocycles. The van der Waals surface area contributed by atoms with Gasteiger partial charge >= 0.3 is 5.97 Å². The molecule has 0 radical (unpaired) electrons. The molecule has 3 aromatic carbocycles. The molecule has 4 aromatic rings. The van der Waals surface area contributed by atoms with Crippen LogP contribution in [0, 0.1) is 0 Å². The van der Waals surface area contributed by atoms with Crippen LogP contribution in [0.5, 0.6) is 5.88 Å². The van der Waals surface area contributed by atoms with E-state index in [9.17, 15) is 14.7 Å². The second kappa shape index (κ2) is 10.2. The summed E-state index contributed by atoms with van der Waals surface area (Å²) in [7, 11) is 4.77. The lowest BCUT2D eigenvalue weighted by Gasteiger charge is -2.17. The SMILES string of the molecule is CNCC(=O)N(C)c1ccc(N=C(c2ccccc2)c2c(O)[nH]c3cc(C(=O)OC)ccc23)cc1. The summed E-state index contributed by atoms with van der Waals surface area (Å²) in [6.07, 6.45) is 0. The van der Waals surface area contributed by atoms with Crippen LogP contribution in [-0.4, -0.2) is 55.4 Å². The number of carbonyl (C=O) groups is 2. The number of methoxy groups -OCH3 is 1. The van der Waals surface area contributed by atoms with E-state index >= 15 is 0 Å². The second-order valence-corrected chi connectivity index (χ2v) is 7.93. The van der Waals surface area contributed by atoms with E-state index in [4.69, 9.17) is 9.73 Å². The number of likely N-dealkylation sites (N-methyl/N-ethyl adjacent to an activating group) is 2. The molecule has 3 N–H and O–H groups in total. The molecule has 0 saturated carbocycles. The zero-order valence-electron chi connectivity index (χ0n) is 19.7. The summed E-state index contributed by atoms with van der Waals surface area (Å²) in [6, 6.07) is 21.9. The van der Waals surface area contributed by atoms with Crippen LogP contribution >= 0.6 is 0 Å². The maximum absolute atomic E-state index is 12.2. The van der Waals surface area contributed by atoms with Gasteiger partial charge in [-0.15, -0.1) is 0 Å². The lowest BCUT2D eigenvalue weighted by atomic mass is 10.00. The molecule has 0 fully saturated rings. The summed E-state index contributed by atoms with van der Waals surface area (Å²) in [5, 5.41) is 14.4. The number of anilines is 1. The molecule has 0 aliphatic heterocycles. The van der Waals surface area contributed by atoms with Crippen LogP contribution in [0.25, 0.3) is 10.9 Å². The standard InChI is InChI=1S/C27H26N4O4/c1-28-16-23(32)31(2)20-12-10-19(11-13-20)29-25(17-7-5-4-6-8-17)24-21-14-9-18(27(34)35-3)15-22(21)30-26(24)33/h4-15,28,30,33H,16H2,1-3H3. The number of fused-ring (bicyclic) bond motifs is 1. The van der Waals surface area contributed by atoms with Crippen molar-refractivity contribution >= 4 is 39.9 Å². The number of esters is 1. The van der Waals surface area contributed by atoms with Gasteiger partial charge in [0.1, 0.15) is 0 Å². The minimum Gasteiger partial charge on any atom is -0.494 e. The number of ether oxygens (including phenoxy) is 1. The molecule has 0 aliphatic rings. The van der Waals surface area contributed by atoms with E-state index in [0.29, 0.717) is 33.4 Å². The number of hydrogen-bond donors (Lipinski definition) is 3. The second-order valence-electron chi connectivity index (χ2n) is 7.93. The summed E-state index contributed by atoms with van der Waals surface area (Å²) >= 11 is 0. The predicted octanol–water partition coefficient (Wildman–Crippen LogP) is 4.01. The summed E-state index contributed by atoms with van der Waals surface area (Å²) in [5.74, 6) is -0.569. The van der Waals surface area contributed by atoms with Crippen molar-refractivity contribution in [3.8, 4) is 5.88 Å². The third-order valence-electron chi connectivity index (χ3n) is 5.66. The molecule has 1 aromatic heterocycles. The first-order valence-electron chi connectivity index (χ1n) is 11.0. The first-order valence-corrected chi connectivity index (χ1v) is 11.0. The maximum atomic E-state index is 12.2. The number of nitrogens with zero attached hydrogens (tertiary/aromatic N) is 2. The molecule has 0 spiro atoms. The molecule has 0 atom stereocenters. The Morgan fingerprint density at radius 3 is 2.40 bits per heavy atom. The van der Waals surface area contributed by atoms with Crippen LogP contribution < -0.4 is 10.2 Å². The van der Waals surface area contributed by atoms with E-state index in [1.165, 1.54) is 7.11 Å². The minimum atomic E-state index is -0.460. The molecular weight excluding hydrogens is 444 g/mol. The largest absolute Gasteiger partial charge is 0.494 e. The monoisotopic (exact) mass is 470 g/mol. The number of hydrogen-bond acceptors (Lipinski definition) is 6. The molecule has 1 amide bonds. The highest BCUT2D eigenvalue weighted by Crippen LogP contribution is 2.32. The highest BCUT2D eigenvalue weighted by atomic mass is 16.5. The lowest BCUT2D eigenvalue weighted by Crippen LogP contribution is -2.33. The normalized spacial score (nSPS) is 11.5. The van der Waals surface area contributed by atoms with Gasteiger partial charge in [0, 0.05) is 29.2 Å². The molecule has 35 heavy (non-hydrogen) atoms. The van der Waals surface area contributed by atoms with Crippen LogP contribution in [-0.2, 0) is 9.53 Å². The van der Waals surface area contributed by atoms with E-state index in [1.54, 1.807) is 37.2 Å². The number of H-pyrrole nitrogens is 1. The van der Waals surface area contributed by atoms with Crippen LogP contribution in [0.4, 0.5) is 11.4 Å². The van der Waals surface area contributed by atoms with Gasteiger partial charge in [0.25, 0.3) is 0 Å². The Balaban J connectivity index is 1.80. The van der Waals surface area contributed by atoms with Crippen molar-refractivity contribution < 1.29 is 19.4 Å². The van der Waals surface area contributed by atoms with Gasteiger partial charge in [0.15, 0.2) is 5.88 Å². The van der Waals surface area contributed by atoms with Gasteiger partial charge in [0.2, 0.25) is 5.91 Å². The Hall–Kier alpha value is -4.43. The molecule has 8 heteroatoms. The number of carbonyl (C=O) groups excluding carboxylic acids is 2. The lowest BCUT2D eigenvalue weighted by molar-refractivity contribution is -0.117. The van der Waals surface area contributed by atoms with Gasteiger partial charge in [-0.2, -0.15) is 0 Å². The number of rotatable bonds is 7. The fourth-order valence-electron chi connectivity index (χ4n) is 3.82. The molecular formula is C27H26N4O4.